The molecule has 1 N–H and O–H groups in total. The second-order valence-electron chi connectivity index (χ2n) is 8.01. The second-order valence-corrected chi connectivity index (χ2v) is 8.44. The van der Waals surface area contributed by atoms with Crippen LogP contribution in [-0.4, -0.2) is 49.0 Å². The summed E-state index contributed by atoms with van der Waals surface area (Å²) in [7, 11) is 0. The van der Waals surface area contributed by atoms with Crippen molar-refractivity contribution in [2.24, 2.45) is 10.2 Å². The molecule has 0 bridgehead atoms. The number of ether oxygens (including phenoxy) is 2. The smallest absolute Gasteiger partial charge is 0.411 e. The van der Waals surface area contributed by atoms with Crippen LogP contribution < -0.4 is 10.2 Å². The number of amides is 1. The number of rotatable bonds is 8. The first kappa shape index (κ1) is 24.6. The maximum absolute atomic E-state index is 12.1. The Bertz CT molecular complexity index is 1170. The molecule has 1 aromatic heterocycles. The Hall–Kier alpha value is -3.56. The molecule has 0 aliphatic carbocycles. The van der Waals surface area contributed by atoms with Crippen molar-refractivity contribution >= 4 is 35.0 Å². The Morgan fingerprint density at radius 1 is 1.14 bits per heavy atom. The van der Waals surface area contributed by atoms with Crippen molar-refractivity contribution < 1.29 is 14.3 Å². The van der Waals surface area contributed by atoms with E-state index in [4.69, 9.17) is 21.1 Å². The zero-order chi connectivity index (χ0) is 24.5. The van der Waals surface area contributed by atoms with Crippen molar-refractivity contribution in [3.8, 4) is 0 Å². The molecule has 10 heteroatoms. The van der Waals surface area contributed by atoms with Gasteiger partial charge in [0.1, 0.15) is 18.2 Å². The van der Waals surface area contributed by atoms with Gasteiger partial charge in [0.05, 0.1) is 19.8 Å². The van der Waals surface area contributed by atoms with E-state index in [0.29, 0.717) is 48.5 Å². The van der Waals surface area contributed by atoms with E-state index in [1.807, 2.05) is 31.2 Å². The van der Waals surface area contributed by atoms with Crippen LogP contribution in [0.2, 0.25) is 5.02 Å². The predicted molar refractivity (Wildman–Crippen MR) is 135 cm³/mol. The van der Waals surface area contributed by atoms with Gasteiger partial charge in [-0.15, -0.1) is 5.11 Å². The Morgan fingerprint density at radius 3 is 2.71 bits per heavy atom. The van der Waals surface area contributed by atoms with Crippen LogP contribution in [-0.2, 0) is 22.4 Å². The molecule has 9 nitrogen and oxygen atoms in total. The average Bonchev–Trinajstić information content (AvgIpc) is 2.86. The number of hydrogen-bond acceptors (Lipinski definition) is 8. The number of nitrogens with zero attached hydrogens (tertiary/aromatic N) is 5. The molecule has 0 radical (unpaired) electrons. The van der Waals surface area contributed by atoms with E-state index in [2.05, 4.69) is 36.5 Å². The number of benzene rings is 2. The normalized spacial score (nSPS) is 13.7. The highest BCUT2D eigenvalue weighted by molar-refractivity contribution is 6.30. The maximum atomic E-state index is 12.1. The van der Waals surface area contributed by atoms with Gasteiger partial charge in [-0.3, -0.25) is 5.32 Å². The van der Waals surface area contributed by atoms with Crippen molar-refractivity contribution in [2.45, 2.75) is 19.9 Å². The van der Waals surface area contributed by atoms with Crippen LogP contribution in [0.5, 0.6) is 0 Å². The topological polar surface area (TPSA) is 101 Å². The van der Waals surface area contributed by atoms with Crippen LogP contribution >= 0.6 is 11.6 Å². The van der Waals surface area contributed by atoms with E-state index in [-0.39, 0.29) is 6.61 Å². The highest BCUT2D eigenvalue weighted by atomic mass is 35.5. The Labute approximate surface area is 209 Å². The third kappa shape index (κ3) is 7.73. The molecule has 3 aromatic rings. The fourth-order valence-electron chi connectivity index (χ4n) is 3.51. The summed E-state index contributed by atoms with van der Waals surface area (Å²) in [5.41, 5.74) is 2.86. The van der Waals surface area contributed by atoms with Gasteiger partial charge in [0.2, 0.25) is 0 Å². The molecule has 0 atom stereocenters. The minimum absolute atomic E-state index is 0.117. The zero-order valence-corrected chi connectivity index (χ0v) is 20.2. The summed E-state index contributed by atoms with van der Waals surface area (Å²) in [6.45, 7) is 5.36. The van der Waals surface area contributed by atoms with Crippen LogP contribution in [0.4, 0.5) is 22.1 Å². The number of morpholine rings is 1. The van der Waals surface area contributed by atoms with Crippen molar-refractivity contribution in [2.75, 3.05) is 43.1 Å². The lowest BCUT2D eigenvalue weighted by atomic mass is 10.1. The number of azo groups is 1. The van der Waals surface area contributed by atoms with Crippen LogP contribution in [0.25, 0.3) is 0 Å². The van der Waals surface area contributed by atoms with E-state index in [1.54, 1.807) is 24.3 Å². The van der Waals surface area contributed by atoms with Crippen LogP contribution in [0.15, 0.2) is 64.8 Å². The lowest BCUT2D eigenvalue weighted by molar-refractivity contribution is 0.122. The number of halogens is 1. The van der Waals surface area contributed by atoms with Crippen LogP contribution in [0.3, 0.4) is 0 Å². The lowest BCUT2D eigenvalue weighted by Crippen LogP contribution is -2.37. The van der Waals surface area contributed by atoms with Crippen LogP contribution in [0.1, 0.15) is 17.0 Å². The Balaban J connectivity index is 1.40. The number of carbonyl (C=O) groups excluding carboxylic acids is 1. The maximum Gasteiger partial charge on any atom is 0.411 e. The van der Waals surface area contributed by atoms with Crippen LogP contribution in [0, 0.1) is 6.92 Å². The van der Waals surface area contributed by atoms with Crippen molar-refractivity contribution in [1.82, 2.24) is 9.97 Å². The quantitative estimate of drug-likeness (QED) is 0.423. The number of aromatic nitrogens is 2. The van der Waals surface area contributed by atoms with Gasteiger partial charge < -0.3 is 14.4 Å². The SMILES string of the molecule is Cc1cccc(CN=Nc2cc(N3CCOCC3)nc(CCOC(=O)Nc3ccc(Cl)cc3)n2)c1. The van der Waals surface area contributed by atoms with Gasteiger partial charge in [0, 0.05) is 36.3 Å². The first-order valence-electron chi connectivity index (χ1n) is 11.4. The molecule has 1 aliphatic heterocycles. The molecule has 182 valence electrons. The monoisotopic (exact) mass is 494 g/mol. The molecule has 0 saturated carbocycles. The highest BCUT2D eigenvalue weighted by Gasteiger charge is 2.15. The summed E-state index contributed by atoms with van der Waals surface area (Å²) in [6.07, 6.45) is -0.221. The molecular weight excluding hydrogens is 468 g/mol. The molecule has 0 unspecified atom stereocenters. The highest BCUT2D eigenvalue weighted by Crippen LogP contribution is 2.21. The molecule has 4 rings (SSSR count). The van der Waals surface area contributed by atoms with Gasteiger partial charge in [0.25, 0.3) is 0 Å². The van der Waals surface area contributed by atoms with Gasteiger partial charge in [-0.25, -0.2) is 14.8 Å². The summed E-state index contributed by atoms with van der Waals surface area (Å²) in [4.78, 5) is 23.4. The molecule has 1 aliphatic rings. The molecular formula is C25H27ClN6O3. The van der Waals surface area contributed by atoms with Crippen molar-refractivity contribution in [1.29, 1.82) is 0 Å². The fourth-order valence-corrected chi connectivity index (χ4v) is 3.64. The second kappa shape index (κ2) is 12.2. The van der Waals surface area contributed by atoms with Gasteiger partial charge in [-0.1, -0.05) is 41.4 Å². The molecule has 1 amide bonds. The van der Waals surface area contributed by atoms with Crippen molar-refractivity contribution in [3.63, 3.8) is 0 Å². The van der Waals surface area contributed by atoms with E-state index < -0.39 is 6.09 Å². The lowest BCUT2D eigenvalue weighted by Gasteiger charge is -2.28. The number of anilines is 2. The average molecular weight is 495 g/mol. The Kier molecular flexibility index (Phi) is 8.58. The molecule has 35 heavy (non-hydrogen) atoms. The summed E-state index contributed by atoms with van der Waals surface area (Å²) in [6, 6.07) is 16.8. The minimum atomic E-state index is -0.560. The van der Waals surface area contributed by atoms with E-state index in [9.17, 15) is 4.79 Å². The first-order chi connectivity index (χ1) is 17.0. The fraction of sp³-hybridized carbons (Fsp3) is 0.320. The molecule has 2 aromatic carbocycles. The summed E-state index contributed by atoms with van der Waals surface area (Å²) >= 11 is 5.87. The number of carbonyl (C=O) groups is 1. The van der Waals surface area contributed by atoms with Gasteiger partial charge >= 0.3 is 6.09 Å². The van der Waals surface area contributed by atoms with E-state index in [1.165, 1.54) is 5.56 Å². The number of hydrogen-bond donors (Lipinski definition) is 1. The van der Waals surface area contributed by atoms with Gasteiger partial charge in [-0.2, -0.15) is 5.11 Å². The third-order valence-electron chi connectivity index (χ3n) is 5.24. The number of nitrogens with one attached hydrogen (secondary N) is 1. The summed E-state index contributed by atoms with van der Waals surface area (Å²) in [5, 5.41) is 11.9. The molecule has 2 heterocycles. The molecule has 0 spiro atoms. The largest absolute Gasteiger partial charge is 0.449 e. The molecule has 1 fully saturated rings. The van der Waals surface area contributed by atoms with E-state index in [0.717, 1.165) is 24.5 Å². The molecule has 1 saturated heterocycles. The standard InChI is InChI=1S/C25H27ClN6O3/c1-18-3-2-4-19(15-18)17-27-31-23-16-24(32-10-13-34-14-11-32)30-22(29-23)9-12-35-25(33)28-21-7-5-20(26)6-8-21/h2-8,15-16H,9-14,17H2,1H3,(H,28,33). The summed E-state index contributed by atoms with van der Waals surface area (Å²) < 4.78 is 10.8. The number of aryl methyl sites for hydroxylation is 1. The third-order valence-corrected chi connectivity index (χ3v) is 5.49. The predicted octanol–water partition coefficient (Wildman–Crippen LogP) is 5.35. The van der Waals surface area contributed by atoms with Gasteiger partial charge in [-0.05, 0) is 36.8 Å². The van der Waals surface area contributed by atoms with Gasteiger partial charge in [0.15, 0.2) is 5.82 Å². The Morgan fingerprint density at radius 2 is 1.94 bits per heavy atom. The summed E-state index contributed by atoms with van der Waals surface area (Å²) in [5.74, 6) is 1.75. The van der Waals surface area contributed by atoms with Crippen molar-refractivity contribution in [3.05, 3.63) is 76.6 Å². The minimum Gasteiger partial charge on any atom is -0.449 e. The van der Waals surface area contributed by atoms with E-state index >= 15 is 0 Å². The first-order valence-corrected chi connectivity index (χ1v) is 11.8. The zero-order valence-electron chi connectivity index (χ0n) is 19.5.